The Morgan fingerprint density at radius 1 is 0.943 bits per heavy atom. The largest absolute Gasteiger partial charge is 0.497 e. The van der Waals surface area contributed by atoms with Gasteiger partial charge in [-0.2, -0.15) is 0 Å². The molecule has 1 N–H and O–H groups in total. The molecule has 0 aliphatic carbocycles. The predicted octanol–water partition coefficient (Wildman–Crippen LogP) is 6.21. The number of nitrogens with zero attached hydrogens (tertiary/aromatic N) is 1. The second kappa shape index (κ2) is 8.52. The van der Waals surface area contributed by atoms with Gasteiger partial charge in [-0.15, -0.1) is 11.3 Å². The smallest absolute Gasteiger partial charge is 0.343 e. The summed E-state index contributed by atoms with van der Waals surface area (Å²) in [6.07, 6.45) is 0. The second-order valence-corrected chi connectivity index (χ2v) is 9.15. The van der Waals surface area contributed by atoms with Gasteiger partial charge >= 0.3 is 5.63 Å². The van der Waals surface area contributed by atoms with Gasteiger partial charge < -0.3 is 13.9 Å². The Hall–Kier alpha value is -4.23. The van der Waals surface area contributed by atoms with Crippen LogP contribution in [-0.2, 0) is 0 Å². The molecule has 0 radical (unpaired) electrons. The molecule has 0 bridgehead atoms. The zero-order valence-electron chi connectivity index (χ0n) is 18.7. The van der Waals surface area contributed by atoms with Crippen molar-refractivity contribution in [3.63, 3.8) is 0 Å². The molecule has 0 spiro atoms. The monoisotopic (exact) mass is 480 g/mol. The number of hydrogen-bond donors (Lipinski definition) is 1. The minimum atomic E-state index is -0.581. The van der Waals surface area contributed by atoms with E-state index in [1.807, 2.05) is 72.1 Å². The molecule has 6 rings (SSSR count). The van der Waals surface area contributed by atoms with Gasteiger partial charge in [-0.1, -0.05) is 54.6 Å². The molecule has 0 saturated carbocycles. The van der Waals surface area contributed by atoms with Gasteiger partial charge in [0.15, 0.2) is 11.6 Å². The van der Waals surface area contributed by atoms with Crippen LogP contribution >= 0.6 is 11.3 Å². The number of rotatable bonds is 4. The second-order valence-electron chi connectivity index (χ2n) is 8.26. The highest BCUT2D eigenvalue weighted by Gasteiger charge is 2.42. The summed E-state index contributed by atoms with van der Waals surface area (Å²) in [7, 11) is 1.61. The quantitative estimate of drug-likeness (QED) is 0.309. The Kier molecular flexibility index (Phi) is 5.19. The lowest BCUT2D eigenvalue weighted by Crippen LogP contribution is -2.34. The topological polar surface area (TPSA) is 85.4 Å². The van der Waals surface area contributed by atoms with Gasteiger partial charge in [0, 0.05) is 16.9 Å². The van der Waals surface area contributed by atoms with E-state index in [0.717, 1.165) is 16.8 Å². The van der Waals surface area contributed by atoms with E-state index in [4.69, 9.17) is 24.3 Å². The highest BCUT2D eigenvalue weighted by molar-refractivity contribution is 7.10. The van der Waals surface area contributed by atoms with Crippen LogP contribution in [0.5, 0.6) is 11.5 Å². The van der Waals surface area contributed by atoms with Crippen molar-refractivity contribution >= 4 is 28.2 Å². The first-order valence-electron chi connectivity index (χ1n) is 11.1. The molecule has 0 saturated heterocycles. The summed E-state index contributed by atoms with van der Waals surface area (Å²) in [4.78, 5) is 18.2. The van der Waals surface area contributed by atoms with Crippen LogP contribution in [0.4, 0.5) is 0 Å². The number of ether oxygens (including phenoxy) is 2. The van der Waals surface area contributed by atoms with Crippen LogP contribution in [0.3, 0.4) is 0 Å². The molecule has 3 heterocycles. The maximum atomic E-state index is 13.3. The Labute approximate surface area is 204 Å². The average Bonchev–Trinajstić information content (AvgIpc) is 3.38. The van der Waals surface area contributed by atoms with E-state index in [2.05, 4.69) is 0 Å². The fourth-order valence-corrected chi connectivity index (χ4v) is 5.56. The first kappa shape index (κ1) is 21.3. The summed E-state index contributed by atoms with van der Waals surface area (Å²) < 4.78 is 17.1. The van der Waals surface area contributed by atoms with E-state index in [1.165, 1.54) is 11.3 Å². The Morgan fingerprint density at radius 3 is 2.46 bits per heavy atom. The molecular weight excluding hydrogens is 460 g/mol. The molecule has 35 heavy (non-hydrogen) atoms. The Balaban J connectivity index is 1.56. The summed E-state index contributed by atoms with van der Waals surface area (Å²) in [6.45, 7) is 0. The molecule has 5 aromatic rings. The summed E-state index contributed by atoms with van der Waals surface area (Å²) in [6, 6.07) is 24.7. The molecule has 172 valence electrons. The number of thiazole rings is 1. The van der Waals surface area contributed by atoms with Crippen LogP contribution in [0.1, 0.15) is 28.0 Å². The summed E-state index contributed by atoms with van der Waals surface area (Å²) >= 11 is 1.46. The Morgan fingerprint density at radius 2 is 1.69 bits per heavy atom. The van der Waals surface area contributed by atoms with Gasteiger partial charge in [-0.25, -0.2) is 9.78 Å². The van der Waals surface area contributed by atoms with E-state index in [9.17, 15) is 4.79 Å². The number of fused-ring (bicyclic) bond motifs is 3. The minimum Gasteiger partial charge on any atom is -0.497 e. The van der Waals surface area contributed by atoms with Gasteiger partial charge in [0.05, 0.1) is 29.7 Å². The first-order chi connectivity index (χ1) is 17.1. The van der Waals surface area contributed by atoms with Crippen LogP contribution in [-0.4, -0.2) is 18.0 Å². The van der Waals surface area contributed by atoms with Crippen molar-refractivity contribution in [3.05, 3.63) is 111 Å². The third-order valence-corrected chi connectivity index (χ3v) is 7.20. The van der Waals surface area contributed by atoms with Crippen molar-refractivity contribution < 1.29 is 13.9 Å². The van der Waals surface area contributed by atoms with Crippen LogP contribution < -0.4 is 15.1 Å². The van der Waals surface area contributed by atoms with Crippen LogP contribution in [0.25, 0.3) is 22.2 Å². The SMILES string of the molecule is COc1ccc(C2c3c(c4ccccc4oc3=O)OC(=N)C2c2nc(-c3ccccc3)cs2)cc1. The lowest BCUT2D eigenvalue weighted by molar-refractivity contribution is 0.414. The molecule has 3 aromatic carbocycles. The van der Waals surface area contributed by atoms with Gasteiger partial charge in [0.25, 0.3) is 0 Å². The molecule has 1 aliphatic rings. The maximum Gasteiger partial charge on any atom is 0.343 e. The van der Waals surface area contributed by atoms with Crippen molar-refractivity contribution in [2.45, 2.75) is 11.8 Å². The number of nitrogens with one attached hydrogen (secondary N) is 1. The number of hydrogen-bond acceptors (Lipinski definition) is 7. The zero-order valence-corrected chi connectivity index (χ0v) is 19.5. The highest BCUT2D eigenvalue weighted by Crippen LogP contribution is 2.48. The van der Waals surface area contributed by atoms with Crippen molar-refractivity contribution in [3.8, 4) is 22.8 Å². The number of methoxy groups -OCH3 is 1. The van der Waals surface area contributed by atoms with Crippen molar-refractivity contribution in [2.75, 3.05) is 7.11 Å². The number of aromatic nitrogens is 1. The minimum absolute atomic E-state index is 0.0445. The third kappa shape index (κ3) is 3.61. The zero-order chi connectivity index (χ0) is 23.9. The standard InChI is InChI=1S/C28H20N2O4S/c1-32-18-13-11-17(12-14-18)22-23-25(19-9-5-6-10-21(19)33-28(23)31)34-26(29)24(22)27-30-20(15-35-27)16-7-3-2-4-8-16/h2-15,22,24,29H,1H3. The average molecular weight is 481 g/mol. The summed E-state index contributed by atoms with van der Waals surface area (Å²) in [5.41, 5.74) is 3.01. The molecule has 7 heteroatoms. The normalized spacial score (nSPS) is 17.1. The number of para-hydroxylation sites is 1. The van der Waals surface area contributed by atoms with E-state index in [1.54, 1.807) is 19.2 Å². The molecular formula is C28H20N2O4S. The van der Waals surface area contributed by atoms with Crippen LogP contribution in [0.2, 0.25) is 0 Å². The Bertz CT molecular complexity index is 1610. The summed E-state index contributed by atoms with van der Waals surface area (Å²) in [5, 5.41) is 12.3. The maximum absolute atomic E-state index is 13.3. The van der Waals surface area contributed by atoms with E-state index in [0.29, 0.717) is 33.0 Å². The number of benzene rings is 3. The molecule has 2 aromatic heterocycles. The lowest BCUT2D eigenvalue weighted by atomic mass is 9.79. The lowest BCUT2D eigenvalue weighted by Gasteiger charge is -2.32. The fraction of sp³-hybridized carbons (Fsp3) is 0.107. The van der Waals surface area contributed by atoms with E-state index in [-0.39, 0.29) is 5.90 Å². The molecule has 2 unspecified atom stereocenters. The van der Waals surface area contributed by atoms with Crippen LogP contribution in [0.15, 0.2) is 93.5 Å². The molecule has 1 aliphatic heterocycles. The highest BCUT2D eigenvalue weighted by atomic mass is 32.1. The first-order valence-corrected chi connectivity index (χ1v) is 12.0. The van der Waals surface area contributed by atoms with Crippen molar-refractivity contribution in [1.29, 1.82) is 5.41 Å². The van der Waals surface area contributed by atoms with Gasteiger partial charge in [0.2, 0.25) is 0 Å². The van der Waals surface area contributed by atoms with Gasteiger partial charge in [0.1, 0.15) is 16.3 Å². The molecule has 0 amide bonds. The summed E-state index contributed by atoms with van der Waals surface area (Å²) in [5.74, 6) is 0.0378. The van der Waals surface area contributed by atoms with Crippen LogP contribution in [0, 0.1) is 5.41 Å². The molecule has 6 nitrogen and oxygen atoms in total. The van der Waals surface area contributed by atoms with Gasteiger partial charge in [-0.05, 0) is 29.8 Å². The van der Waals surface area contributed by atoms with Crippen molar-refractivity contribution in [1.82, 2.24) is 4.98 Å². The van der Waals surface area contributed by atoms with E-state index >= 15 is 0 Å². The van der Waals surface area contributed by atoms with Crippen molar-refractivity contribution in [2.24, 2.45) is 0 Å². The predicted molar refractivity (Wildman–Crippen MR) is 136 cm³/mol. The third-order valence-electron chi connectivity index (χ3n) is 6.27. The molecule has 0 fully saturated rings. The van der Waals surface area contributed by atoms with Gasteiger partial charge in [-0.3, -0.25) is 5.41 Å². The van der Waals surface area contributed by atoms with E-state index < -0.39 is 17.5 Å². The molecule has 2 atom stereocenters. The fourth-order valence-electron chi connectivity index (χ4n) is 4.60.